The first kappa shape index (κ1) is 9.20. The van der Waals surface area contributed by atoms with E-state index >= 15 is 0 Å². The van der Waals surface area contributed by atoms with Gasteiger partial charge in [0.1, 0.15) is 5.78 Å². The van der Waals surface area contributed by atoms with Gasteiger partial charge in [0, 0.05) is 20.0 Å². The molecule has 0 spiro atoms. The molecule has 0 bridgehead atoms. The van der Waals surface area contributed by atoms with Crippen LogP contribution in [0, 0.1) is 5.92 Å². The molecule has 74 valence electrons. The fraction of sp³-hybridized carbons (Fsp3) is 0.909. The molecule has 0 unspecified atom stereocenters. The van der Waals surface area contributed by atoms with Gasteiger partial charge in [-0.25, -0.2) is 0 Å². The molecule has 2 nitrogen and oxygen atoms in total. The van der Waals surface area contributed by atoms with E-state index in [0.29, 0.717) is 11.7 Å². The van der Waals surface area contributed by atoms with Crippen molar-refractivity contribution in [1.29, 1.82) is 0 Å². The lowest BCUT2D eigenvalue weighted by Gasteiger charge is -2.33. The molecule has 2 saturated carbocycles. The molecular weight excluding hydrogens is 164 g/mol. The van der Waals surface area contributed by atoms with Crippen LogP contribution in [0.1, 0.15) is 44.9 Å². The summed E-state index contributed by atoms with van der Waals surface area (Å²) in [6.45, 7) is 0. The minimum Gasteiger partial charge on any atom is -0.378 e. The van der Waals surface area contributed by atoms with E-state index in [-0.39, 0.29) is 5.60 Å². The predicted molar refractivity (Wildman–Crippen MR) is 50.6 cm³/mol. The van der Waals surface area contributed by atoms with Crippen LogP contribution in [0.4, 0.5) is 0 Å². The number of hydrogen-bond donors (Lipinski definition) is 0. The first-order valence-corrected chi connectivity index (χ1v) is 5.34. The Bertz CT molecular complexity index is 204. The number of rotatable bonds is 2. The van der Waals surface area contributed by atoms with Crippen molar-refractivity contribution in [2.45, 2.75) is 50.5 Å². The van der Waals surface area contributed by atoms with Gasteiger partial charge in [-0.1, -0.05) is 12.8 Å². The minimum absolute atomic E-state index is 0.0756. The zero-order chi connectivity index (χ0) is 9.31. The summed E-state index contributed by atoms with van der Waals surface area (Å²) in [5, 5.41) is 0. The molecule has 0 radical (unpaired) electrons. The highest BCUT2D eigenvalue weighted by Crippen LogP contribution is 2.44. The van der Waals surface area contributed by atoms with Gasteiger partial charge < -0.3 is 4.74 Å². The SMILES string of the molecule is COC1([C@H]2CCC(=O)C2)CCCC1. The van der Waals surface area contributed by atoms with Crippen LogP contribution in [-0.4, -0.2) is 18.5 Å². The first-order chi connectivity index (χ1) is 6.27. The summed E-state index contributed by atoms with van der Waals surface area (Å²) in [4.78, 5) is 11.2. The Kier molecular flexibility index (Phi) is 2.41. The predicted octanol–water partition coefficient (Wildman–Crippen LogP) is 2.31. The monoisotopic (exact) mass is 182 g/mol. The molecule has 2 aliphatic rings. The Morgan fingerprint density at radius 3 is 2.54 bits per heavy atom. The zero-order valence-electron chi connectivity index (χ0n) is 8.34. The molecule has 2 rings (SSSR count). The second-order valence-corrected chi connectivity index (χ2v) is 4.45. The number of hydrogen-bond acceptors (Lipinski definition) is 2. The molecule has 0 aromatic heterocycles. The fourth-order valence-corrected chi connectivity index (χ4v) is 3.02. The van der Waals surface area contributed by atoms with Crippen molar-refractivity contribution in [3.63, 3.8) is 0 Å². The fourth-order valence-electron chi connectivity index (χ4n) is 3.02. The topological polar surface area (TPSA) is 26.3 Å². The van der Waals surface area contributed by atoms with Crippen LogP contribution in [0.3, 0.4) is 0 Å². The van der Waals surface area contributed by atoms with E-state index < -0.39 is 0 Å². The van der Waals surface area contributed by atoms with E-state index in [1.54, 1.807) is 0 Å². The third-order valence-electron chi connectivity index (χ3n) is 3.85. The van der Waals surface area contributed by atoms with E-state index in [4.69, 9.17) is 4.74 Å². The molecule has 0 aromatic carbocycles. The average molecular weight is 182 g/mol. The smallest absolute Gasteiger partial charge is 0.133 e. The quantitative estimate of drug-likeness (QED) is 0.655. The Hall–Kier alpha value is -0.370. The van der Waals surface area contributed by atoms with Crippen molar-refractivity contribution < 1.29 is 9.53 Å². The van der Waals surface area contributed by atoms with Crippen LogP contribution in [0.15, 0.2) is 0 Å². The third-order valence-corrected chi connectivity index (χ3v) is 3.85. The number of Topliss-reactive ketones (excluding diaryl/α,β-unsaturated/α-hetero) is 1. The molecule has 2 fully saturated rings. The number of methoxy groups -OCH3 is 1. The van der Waals surface area contributed by atoms with Crippen LogP contribution < -0.4 is 0 Å². The van der Waals surface area contributed by atoms with Gasteiger partial charge in [-0.2, -0.15) is 0 Å². The summed E-state index contributed by atoms with van der Waals surface area (Å²) >= 11 is 0. The van der Waals surface area contributed by atoms with Gasteiger partial charge in [-0.05, 0) is 25.2 Å². The largest absolute Gasteiger partial charge is 0.378 e. The van der Waals surface area contributed by atoms with Crippen LogP contribution in [0.2, 0.25) is 0 Å². The van der Waals surface area contributed by atoms with Gasteiger partial charge in [0.05, 0.1) is 5.60 Å². The highest BCUT2D eigenvalue weighted by molar-refractivity contribution is 5.80. The van der Waals surface area contributed by atoms with Crippen molar-refractivity contribution in [3.05, 3.63) is 0 Å². The second kappa shape index (κ2) is 3.41. The van der Waals surface area contributed by atoms with Crippen molar-refractivity contribution >= 4 is 5.78 Å². The lowest BCUT2D eigenvalue weighted by atomic mass is 9.84. The van der Waals surface area contributed by atoms with E-state index in [1.807, 2.05) is 7.11 Å². The molecule has 0 amide bonds. The maximum atomic E-state index is 11.2. The molecule has 2 heteroatoms. The van der Waals surface area contributed by atoms with Crippen LogP contribution in [-0.2, 0) is 9.53 Å². The molecule has 1 atom stereocenters. The van der Waals surface area contributed by atoms with Gasteiger partial charge in [0.15, 0.2) is 0 Å². The summed E-state index contributed by atoms with van der Waals surface area (Å²) < 4.78 is 5.68. The van der Waals surface area contributed by atoms with Crippen LogP contribution in [0.25, 0.3) is 0 Å². The Labute approximate surface area is 79.7 Å². The standard InChI is InChI=1S/C11H18O2/c1-13-11(6-2-3-7-11)9-4-5-10(12)8-9/h9H,2-8H2,1H3/t9-/m0/s1. The lowest BCUT2D eigenvalue weighted by molar-refractivity contribution is -0.119. The van der Waals surface area contributed by atoms with E-state index in [9.17, 15) is 4.79 Å². The Balaban J connectivity index is 2.07. The van der Waals surface area contributed by atoms with Gasteiger partial charge >= 0.3 is 0 Å². The summed E-state index contributed by atoms with van der Waals surface area (Å²) in [6.07, 6.45) is 7.51. The van der Waals surface area contributed by atoms with E-state index in [0.717, 1.165) is 19.3 Å². The average Bonchev–Trinajstić information content (AvgIpc) is 2.73. The minimum atomic E-state index is 0.0756. The van der Waals surface area contributed by atoms with Gasteiger partial charge in [0.25, 0.3) is 0 Å². The summed E-state index contributed by atoms with van der Waals surface area (Å²) in [5.41, 5.74) is 0.0756. The van der Waals surface area contributed by atoms with Gasteiger partial charge in [0.2, 0.25) is 0 Å². The van der Waals surface area contributed by atoms with Crippen molar-refractivity contribution in [3.8, 4) is 0 Å². The molecule has 0 N–H and O–H groups in total. The van der Waals surface area contributed by atoms with E-state index in [2.05, 4.69) is 0 Å². The molecule has 0 aliphatic heterocycles. The van der Waals surface area contributed by atoms with Gasteiger partial charge in [-0.3, -0.25) is 4.79 Å². The highest BCUT2D eigenvalue weighted by Gasteiger charge is 2.44. The molecule has 13 heavy (non-hydrogen) atoms. The van der Waals surface area contributed by atoms with Crippen LogP contribution >= 0.6 is 0 Å². The molecule has 0 saturated heterocycles. The van der Waals surface area contributed by atoms with E-state index in [1.165, 1.54) is 25.7 Å². The Morgan fingerprint density at radius 1 is 1.38 bits per heavy atom. The molecular formula is C11H18O2. The third kappa shape index (κ3) is 1.52. The number of carbonyl (C=O) groups excluding carboxylic acids is 1. The number of ether oxygens (including phenoxy) is 1. The number of carbonyl (C=O) groups is 1. The van der Waals surface area contributed by atoms with Gasteiger partial charge in [-0.15, -0.1) is 0 Å². The lowest BCUT2D eigenvalue weighted by Crippen LogP contribution is -2.35. The van der Waals surface area contributed by atoms with Crippen molar-refractivity contribution in [2.24, 2.45) is 5.92 Å². The molecule has 0 heterocycles. The first-order valence-electron chi connectivity index (χ1n) is 5.34. The van der Waals surface area contributed by atoms with Crippen molar-refractivity contribution in [2.75, 3.05) is 7.11 Å². The summed E-state index contributed by atoms with van der Waals surface area (Å²) in [5.74, 6) is 0.959. The zero-order valence-corrected chi connectivity index (χ0v) is 8.34. The normalized spacial score (nSPS) is 32.7. The maximum Gasteiger partial charge on any atom is 0.133 e. The Morgan fingerprint density at radius 2 is 2.08 bits per heavy atom. The van der Waals surface area contributed by atoms with Crippen molar-refractivity contribution in [1.82, 2.24) is 0 Å². The summed E-state index contributed by atoms with van der Waals surface area (Å²) in [7, 11) is 1.81. The summed E-state index contributed by atoms with van der Waals surface area (Å²) in [6, 6.07) is 0. The molecule has 0 aromatic rings. The molecule has 2 aliphatic carbocycles. The number of ketones is 1. The van der Waals surface area contributed by atoms with Crippen LogP contribution in [0.5, 0.6) is 0 Å². The maximum absolute atomic E-state index is 11.2. The highest BCUT2D eigenvalue weighted by atomic mass is 16.5. The second-order valence-electron chi connectivity index (χ2n) is 4.45.